The fourth-order valence-electron chi connectivity index (χ4n) is 1.59. The van der Waals surface area contributed by atoms with Gasteiger partial charge in [-0.15, -0.1) is 0 Å². The number of carbonyl (C=O) groups excluding carboxylic acids is 1. The van der Waals surface area contributed by atoms with E-state index in [9.17, 15) is 4.79 Å². The van der Waals surface area contributed by atoms with Crippen LogP contribution in [0.5, 0.6) is 11.7 Å². The second kappa shape index (κ2) is 4.26. The van der Waals surface area contributed by atoms with Crippen LogP contribution in [0.1, 0.15) is 17.3 Å². The molecule has 16 heavy (non-hydrogen) atoms. The summed E-state index contributed by atoms with van der Waals surface area (Å²) in [5, 5.41) is 0.706. The Hall–Kier alpha value is -1.97. The molecule has 1 aromatic heterocycles. The number of hydrogen-bond donors (Lipinski definition) is 0. The van der Waals surface area contributed by atoms with Gasteiger partial charge in [0.25, 0.3) is 5.95 Å². The SMILES string of the molecule is CCOc1ccc2oc(OC)c(C=O)c2c1. The largest absolute Gasteiger partial charge is 0.494 e. The third-order valence-electron chi connectivity index (χ3n) is 2.28. The molecule has 1 aromatic carbocycles. The van der Waals surface area contributed by atoms with Crippen LogP contribution in [0.25, 0.3) is 11.0 Å². The van der Waals surface area contributed by atoms with Crippen LogP contribution in [0.3, 0.4) is 0 Å². The third-order valence-corrected chi connectivity index (χ3v) is 2.28. The number of rotatable bonds is 4. The van der Waals surface area contributed by atoms with Gasteiger partial charge in [0.05, 0.1) is 13.7 Å². The van der Waals surface area contributed by atoms with Gasteiger partial charge in [0.2, 0.25) is 0 Å². The van der Waals surface area contributed by atoms with Crippen molar-refractivity contribution in [2.75, 3.05) is 13.7 Å². The van der Waals surface area contributed by atoms with Crippen molar-refractivity contribution in [3.8, 4) is 11.7 Å². The second-order valence-corrected chi connectivity index (χ2v) is 3.22. The first kappa shape index (κ1) is 10.5. The van der Waals surface area contributed by atoms with Gasteiger partial charge in [-0.2, -0.15) is 0 Å². The lowest BCUT2D eigenvalue weighted by Gasteiger charge is -2.01. The zero-order valence-electron chi connectivity index (χ0n) is 9.15. The molecule has 0 saturated heterocycles. The first-order valence-electron chi connectivity index (χ1n) is 4.98. The molecule has 84 valence electrons. The lowest BCUT2D eigenvalue weighted by Crippen LogP contribution is -1.90. The van der Waals surface area contributed by atoms with E-state index < -0.39 is 0 Å². The Morgan fingerprint density at radius 3 is 2.88 bits per heavy atom. The van der Waals surface area contributed by atoms with E-state index in [1.54, 1.807) is 18.2 Å². The average Bonchev–Trinajstić information content (AvgIpc) is 2.66. The summed E-state index contributed by atoms with van der Waals surface area (Å²) >= 11 is 0. The molecule has 0 atom stereocenters. The minimum atomic E-state index is 0.235. The standard InChI is InChI=1S/C12H12O4/c1-3-15-8-4-5-11-9(6-8)10(7-13)12(14-2)16-11/h4-7H,3H2,1-2H3. The van der Waals surface area contributed by atoms with Crippen LogP contribution in [0.2, 0.25) is 0 Å². The fraction of sp³-hybridized carbons (Fsp3) is 0.250. The molecule has 4 nitrogen and oxygen atoms in total. The maximum absolute atomic E-state index is 10.9. The van der Waals surface area contributed by atoms with E-state index in [1.807, 2.05) is 6.92 Å². The Labute approximate surface area is 92.8 Å². The third kappa shape index (κ3) is 1.62. The van der Waals surface area contributed by atoms with Crippen molar-refractivity contribution < 1.29 is 18.7 Å². The second-order valence-electron chi connectivity index (χ2n) is 3.22. The monoisotopic (exact) mass is 220 g/mol. The quantitative estimate of drug-likeness (QED) is 0.743. The zero-order chi connectivity index (χ0) is 11.5. The summed E-state index contributed by atoms with van der Waals surface area (Å²) in [6, 6.07) is 5.33. The highest BCUT2D eigenvalue weighted by Crippen LogP contribution is 2.32. The van der Waals surface area contributed by atoms with E-state index in [4.69, 9.17) is 13.9 Å². The van der Waals surface area contributed by atoms with Crippen LogP contribution in [0, 0.1) is 0 Å². The Morgan fingerprint density at radius 2 is 2.25 bits per heavy atom. The van der Waals surface area contributed by atoms with E-state index in [-0.39, 0.29) is 5.95 Å². The molecule has 0 radical (unpaired) electrons. The molecule has 0 aliphatic heterocycles. The number of furan rings is 1. The predicted molar refractivity (Wildman–Crippen MR) is 59.3 cm³/mol. The van der Waals surface area contributed by atoms with Gasteiger partial charge < -0.3 is 13.9 Å². The summed E-state index contributed by atoms with van der Waals surface area (Å²) < 4.78 is 15.7. The van der Waals surface area contributed by atoms with Crippen LogP contribution >= 0.6 is 0 Å². The summed E-state index contributed by atoms with van der Waals surface area (Å²) in [5.41, 5.74) is 1.03. The number of methoxy groups -OCH3 is 1. The summed E-state index contributed by atoms with van der Waals surface area (Å²) in [6.07, 6.45) is 0.723. The summed E-state index contributed by atoms with van der Waals surface area (Å²) in [7, 11) is 1.47. The molecule has 0 bridgehead atoms. The topological polar surface area (TPSA) is 48.7 Å². The molecular weight excluding hydrogens is 208 g/mol. The minimum Gasteiger partial charge on any atom is -0.494 e. The zero-order valence-corrected chi connectivity index (χ0v) is 9.15. The number of ether oxygens (including phenoxy) is 2. The van der Waals surface area contributed by atoms with Crippen molar-refractivity contribution in [3.05, 3.63) is 23.8 Å². The molecule has 0 fully saturated rings. The minimum absolute atomic E-state index is 0.235. The molecule has 0 aliphatic rings. The molecule has 1 heterocycles. The first-order valence-corrected chi connectivity index (χ1v) is 4.98. The van der Waals surface area contributed by atoms with Gasteiger partial charge >= 0.3 is 0 Å². The van der Waals surface area contributed by atoms with E-state index in [0.29, 0.717) is 28.9 Å². The Bertz CT molecular complexity index is 513. The number of aldehydes is 1. The average molecular weight is 220 g/mol. The van der Waals surface area contributed by atoms with E-state index in [1.165, 1.54) is 7.11 Å². The van der Waals surface area contributed by atoms with Crippen molar-refractivity contribution in [3.63, 3.8) is 0 Å². The Kier molecular flexibility index (Phi) is 2.81. The van der Waals surface area contributed by atoms with Gasteiger partial charge in [0.1, 0.15) is 16.9 Å². The smallest absolute Gasteiger partial charge is 0.296 e. The van der Waals surface area contributed by atoms with Crippen LogP contribution in [-0.2, 0) is 0 Å². The number of carbonyl (C=O) groups is 1. The Morgan fingerprint density at radius 1 is 1.44 bits per heavy atom. The van der Waals surface area contributed by atoms with Crippen LogP contribution in [-0.4, -0.2) is 20.0 Å². The van der Waals surface area contributed by atoms with Gasteiger partial charge in [-0.3, -0.25) is 4.79 Å². The maximum atomic E-state index is 10.9. The lowest BCUT2D eigenvalue weighted by molar-refractivity contribution is 0.111. The number of fused-ring (bicyclic) bond motifs is 1. The molecular formula is C12H12O4. The van der Waals surface area contributed by atoms with Gasteiger partial charge in [0.15, 0.2) is 6.29 Å². The van der Waals surface area contributed by atoms with Crippen LogP contribution in [0.15, 0.2) is 22.6 Å². The highest BCUT2D eigenvalue weighted by Gasteiger charge is 2.14. The number of hydrogen-bond acceptors (Lipinski definition) is 4. The van der Waals surface area contributed by atoms with E-state index in [2.05, 4.69) is 0 Å². The van der Waals surface area contributed by atoms with Crippen molar-refractivity contribution in [2.24, 2.45) is 0 Å². The molecule has 0 N–H and O–H groups in total. The maximum Gasteiger partial charge on any atom is 0.296 e. The molecule has 0 aliphatic carbocycles. The predicted octanol–water partition coefficient (Wildman–Crippen LogP) is 2.65. The summed E-state index contributed by atoms with van der Waals surface area (Å²) in [6.45, 7) is 2.48. The number of benzene rings is 1. The lowest BCUT2D eigenvalue weighted by atomic mass is 10.2. The first-order chi connectivity index (χ1) is 7.80. The molecule has 4 heteroatoms. The van der Waals surface area contributed by atoms with Crippen molar-refractivity contribution >= 4 is 17.3 Å². The van der Waals surface area contributed by atoms with Crippen molar-refractivity contribution in [2.45, 2.75) is 6.92 Å². The van der Waals surface area contributed by atoms with Gasteiger partial charge in [0, 0.05) is 5.39 Å². The highest BCUT2D eigenvalue weighted by molar-refractivity contribution is 5.99. The van der Waals surface area contributed by atoms with Crippen LogP contribution in [0.4, 0.5) is 0 Å². The van der Waals surface area contributed by atoms with Crippen LogP contribution < -0.4 is 9.47 Å². The van der Waals surface area contributed by atoms with E-state index in [0.717, 1.165) is 6.29 Å². The Balaban J connectivity index is 2.60. The summed E-state index contributed by atoms with van der Waals surface area (Å²) in [4.78, 5) is 10.9. The van der Waals surface area contributed by atoms with Gasteiger partial charge in [-0.25, -0.2) is 0 Å². The van der Waals surface area contributed by atoms with Crippen molar-refractivity contribution in [1.29, 1.82) is 0 Å². The molecule has 0 unspecified atom stereocenters. The molecule has 2 rings (SSSR count). The van der Waals surface area contributed by atoms with Gasteiger partial charge in [-0.05, 0) is 25.1 Å². The molecule has 0 saturated carbocycles. The van der Waals surface area contributed by atoms with Gasteiger partial charge in [-0.1, -0.05) is 0 Å². The molecule has 0 spiro atoms. The molecule has 2 aromatic rings. The van der Waals surface area contributed by atoms with Crippen molar-refractivity contribution in [1.82, 2.24) is 0 Å². The van der Waals surface area contributed by atoms with E-state index >= 15 is 0 Å². The highest BCUT2D eigenvalue weighted by atomic mass is 16.6. The normalized spacial score (nSPS) is 10.4. The fourth-order valence-corrected chi connectivity index (χ4v) is 1.59. The molecule has 0 amide bonds. The summed E-state index contributed by atoms with van der Waals surface area (Å²) in [5.74, 6) is 0.945.